The quantitative estimate of drug-likeness (QED) is 0.851. The summed E-state index contributed by atoms with van der Waals surface area (Å²) in [5.74, 6) is -0.466. The molecule has 0 aliphatic heterocycles. The number of benzene rings is 2. The standard InChI is InChI=1S/C16H15ClFNO/c17-15-2-1-3-16(18)14(15)10-13(20)9-6-11-4-7-12(19)8-5-11/h1-5,7-8H,6,9-10,19H2. The number of anilines is 1. The summed E-state index contributed by atoms with van der Waals surface area (Å²) in [6.45, 7) is 0. The number of carbonyl (C=O) groups is 1. The zero-order valence-electron chi connectivity index (χ0n) is 10.9. The molecule has 0 atom stereocenters. The molecule has 104 valence electrons. The molecule has 0 saturated heterocycles. The first kappa shape index (κ1) is 14.5. The largest absolute Gasteiger partial charge is 0.399 e. The van der Waals surface area contributed by atoms with Crippen LogP contribution in [0.3, 0.4) is 0 Å². The second-order valence-corrected chi connectivity index (χ2v) is 5.06. The van der Waals surface area contributed by atoms with Crippen LogP contribution < -0.4 is 5.73 Å². The number of carbonyl (C=O) groups excluding carboxylic acids is 1. The minimum Gasteiger partial charge on any atom is -0.399 e. The van der Waals surface area contributed by atoms with Gasteiger partial charge in [-0.3, -0.25) is 4.79 Å². The van der Waals surface area contributed by atoms with Gasteiger partial charge in [0, 0.05) is 29.1 Å². The van der Waals surface area contributed by atoms with Crippen molar-refractivity contribution in [3.05, 3.63) is 64.4 Å². The van der Waals surface area contributed by atoms with Gasteiger partial charge in [0.25, 0.3) is 0 Å². The van der Waals surface area contributed by atoms with Crippen LogP contribution in [0.25, 0.3) is 0 Å². The van der Waals surface area contributed by atoms with E-state index in [1.54, 1.807) is 18.2 Å². The third-order valence-corrected chi connectivity index (χ3v) is 3.46. The summed E-state index contributed by atoms with van der Waals surface area (Å²) in [6.07, 6.45) is 1.00. The first-order valence-electron chi connectivity index (χ1n) is 6.35. The molecule has 0 heterocycles. The molecule has 0 aliphatic rings. The van der Waals surface area contributed by atoms with E-state index >= 15 is 0 Å². The maximum atomic E-state index is 13.6. The number of hydrogen-bond donors (Lipinski definition) is 1. The van der Waals surface area contributed by atoms with Crippen LogP contribution in [0.15, 0.2) is 42.5 Å². The number of rotatable bonds is 5. The number of ketones is 1. The zero-order chi connectivity index (χ0) is 14.5. The van der Waals surface area contributed by atoms with Crippen molar-refractivity contribution in [3.8, 4) is 0 Å². The summed E-state index contributed by atoms with van der Waals surface area (Å²) in [4.78, 5) is 11.9. The molecule has 0 amide bonds. The predicted molar refractivity (Wildman–Crippen MR) is 79.3 cm³/mol. The molecule has 0 unspecified atom stereocenters. The highest BCUT2D eigenvalue weighted by Crippen LogP contribution is 2.20. The molecule has 2 aromatic carbocycles. The van der Waals surface area contributed by atoms with Crippen LogP contribution in [-0.2, 0) is 17.6 Å². The van der Waals surface area contributed by atoms with E-state index in [1.165, 1.54) is 12.1 Å². The second kappa shape index (κ2) is 6.53. The van der Waals surface area contributed by atoms with Gasteiger partial charge in [-0.25, -0.2) is 4.39 Å². The van der Waals surface area contributed by atoms with Gasteiger partial charge in [-0.15, -0.1) is 0 Å². The average Bonchev–Trinajstić information content (AvgIpc) is 2.42. The Morgan fingerprint density at radius 1 is 1.15 bits per heavy atom. The summed E-state index contributed by atoms with van der Waals surface area (Å²) < 4.78 is 13.6. The molecule has 0 aromatic heterocycles. The third kappa shape index (κ3) is 3.81. The number of hydrogen-bond acceptors (Lipinski definition) is 2. The molecule has 2 aromatic rings. The number of halogens is 2. The number of Topliss-reactive ketones (excluding diaryl/α,β-unsaturated/α-hetero) is 1. The SMILES string of the molecule is Nc1ccc(CCC(=O)Cc2c(F)cccc2Cl)cc1. The van der Waals surface area contributed by atoms with E-state index in [4.69, 9.17) is 17.3 Å². The smallest absolute Gasteiger partial charge is 0.137 e. The topological polar surface area (TPSA) is 43.1 Å². The molecule has 0 bridgehead atoms. The normalized spacial score (nSPS) is 10.5. The van der Waals surface area contributed by atoms with Crippen LogP contribution in [0.2, 0.25) is 5.02 Å². The van der Waals surface area contributed by atoms with Crippen molar-refractivity contribution in [1.29, 1.82) is 0 Å². The lowest BCUT2D eigenvalue weighted by Gasteiger charge is -2.05. The van der Waals surface area contributed by atoms with E-state index in [0.717, 1.165) is 5.56 Å². The highest BCUT2D eigenvalue weighted by atomic mass is 35.5. The minimum atomic E-state index is -0.432. The average molecular weight is 292 g/mol. The zero-order valence-corrected chi connectivity index (χ0v) is 11.7. The monoisotopic (exact) mass is 291 g/mol. The Bertz CT molecular complexity index is 590. The maximum Gasteiger partial charge on any atom is 0.137 e. The summed E-state index contributed by atoms with van der Waals surface area (Å²) in [6, 6.07) is 11.8. The molecular weight excluding hydrogens is 277 g/mol. The van der Waals surface area contributed by atoms with Gasteiger partial charge >= 0.3 is 0 Å². The first-order chi connectivity index (χ1) is 9.56. The molecule has 0 spiro atoms. The molecule has 20 heavy (non-hydrogen) atoms. The lowest BCUT2D eigenvalue weighted by Crippen LogP contribution is -2.06. The highest BCUT2D eigenvalue weighted by Gasteiger charge is 2.11. The lowest BCUT2D eigenvalue weighted by atomic mass is 10.0. The number of aryl methyl sites for hydroxylation is 1. The van der Waals surface area contributed by atoms with Crippen molar-refractivity contribution in [1.82, 2.24) is 0 Å². The Morgan fingerprint density at radius 2 is 1.85 bits per heavy atom. The molecule has 0 aliphatic carbocycles. The van der Waals surface area contributed by atoms with Crippen molar-refractivity contribution < 1.29 is 9.18 Å². The Morgan fingerprint density at radius 3 is 2.50 bits per heavy atom. The molecule has 0 radical (unpaired) electrons. The molecule has 2 rings (SSSR count). The van der Waals surface area contributed by atoms with Gasteiger partial charge in [0.15, 0.2) is 0 Å². The molecule has 0 fully saturated rings. The summed E-state index contributed by atoms with van der Waals surface area (Å²) in [5.41, 5.74) is 7.60. The van der Waals surface area contributed by atoms with Gasteiger partial charge in [0.1, 0.15) is 11.6 Å². The lowest BCUT2D eigenvalue weighted by molar-refractivity contribution is -0.118. The van der Waals surface area contributed by atoms with Crippen LogP contribution >= 0.6 is 11.6 Å². The maximum absolute atomic E-state index is 13.6. The van der Waals surface area contributed by atoms with Crippen molar-refractivity contribution in [3.63, 3.8) is 0 Å². The summed E-state index contributed by atoms with van der Waals surface area (Å²) in [5, 5.41) is 0.297. The number of nitrogen functional groups attached to an aromatic ring is 1. The molecule has 2 N–H and O–H groups in total. The van der Waals surface area contributed by atoms with Crippen LogP contribution in [-0.4, -0.2) is 5.78 Å². The Labute approximate surface area is 122 Å². The van der Waals surface area contributed by atoms with Gasteiger partial charge < -0.3 is 5.73 Å². The van der Waals surface area contributed by atoms with E-state index in [-0.39, 0.29) is 17.8 Å². The van der Waals surface area contributed by atoms with Gasteiger partial charge in [-0.1, -0.05) is 29.8 Å². The Balaban J connectivity index is 1.94. The summed E-state index contributed by atoms with van der Waals surface area (Å²) >= 11 is 5.90. The fourth-order valence-corrected chi connectivity index (χ4v) is 2.18. The van der Waals surface area contributed by atoms with Crippen LogP contribution in [0.5, 0.6) is 0 Å². The predicted octanol–water partition coefficient (Wildman–Crippen LogP) is 3.81. The van der Waals surface area contributed by atoms with E-state index < -0.39 is 5.82 Å². The van der Waals surface area contributed by atoms with Gasteiger partial charge in [-0.05, 0) is 36.2 Å². The Hall–Kier alpha value is -1.87. The van der Waals surface area contributed by atoms with Crippen LogP contribution in [0.4, 0.5) is 10.1 Å². The van der Waals surface area contributed by atoms with Gasteiger partial charge in [0.05, 0.1) is 0 Å². The first-order valence-corrected chi connectivity index (χ1v) is 6.73. The van der Waals surface area contributed by atoms with Gasteiger partial charge in [-0.2, -0.15) is 0 Å². The van der Waals surface area contributed by atoms with Crippen molar-refractivity contribution in [2.45, 2.75) is 19.3 Å². The van der Waals surface area contributed by atoms with Gasteiger partial charge in [0.2, 0.25) is 0 Å². The second-order valence-electron chi connectivity index (χ2n) is 4.66. The van der Waals surface area contributed by atoms with Crippen molar-refractivity contribution in [2.75, 3.05) is 5.73 Å². The summed E-state index contributed by atoms with van der Waals surface area (Å²) in [7, 11) is 0. The third-order valence-electron chi connectivity index (χ3n) is 3.11. The van der Waals surface area contributed by atoms with E-state index in [9.17, 15) is 9.18 Å². The fourth-order valence-electron chi connectivity index (χ4n) is 1.95. The Kier molecular flexibility index (Phi) is 4.74. The van der Waals surface area contributed by atoms with Crippen molar-refractivity contribution >= 4 is 23.1 Å². The number of nitrogens with two attached hydrogens (primary N) is 1. The van der Waals surface area contributed by atoms with E-state index in [0.29, 0.717) is 23.6 Å². The molecular formula is C16H15ClFNO. The fraction of sp³-hybridized carbons (Fsp3) is 0.188. The minimum absolute atomic E-state index is 0.0283. The molecule has 0 saturated carbocycles. The van der Waals surface area contributed by atoms with E-state index in [2.05, 4.69) is 0 Å². The molecule has 2 nitrogen and oxygen atoms in total. The van der Waals surface area contributed by atoms with Crippen LogP contribution in [0, 0.1) is 5.82 Å². The van der Waals surface area contributed by atoms with Crippen molar-refractivity contribution in [2.24, 2.45) is 0 Å². The highest BCUT2D eigenvalue weighted by molar-refractivity contribution is 6.31. The molecule has 4 heteroatoms. The van der Waals surface area contributed by atoms with E-state index in [1.807, 2.05) is 12.1 Å². The van der Waals surface area contributed by atoms with Crippen LogP contribution in [0.1, 0.15) is 17.5 Å².